The molecule has 0 saturated carbocycles. The van der Waals surface area contributed by atoms with Crippen LogP contribution in [0.25, 0.3) is 0 Å². The molecule has 0 bridgehead atoms. The maximum atomic E-state index is 14.6. The number of carbonyl (C=O) groups excluding carboxylic acids is 1. The van der Waals surface area contributed by atoms with Gasteiger partial charge in [0.25, 0.3) is 5.92 Å². The molecule has 132 valence electrons. The Kier molecular flexibility index (Phi) is 4.28. The normalized spacial score (nSPS) is 26.5. The molecular formula is C18H24F2N2O2. The molecule has 0 unspecified atom stereocenters. The first-order valence-corrected chi connectivity index (χ1v) is 8.33. The molecule has 0 aliphatic carbocycles. The van der Waals surface area contributed by atoms with Gasteiger partial charge in [-0.1, -0.05) is 30.3 Å². The Morgan fingerprint density at radius 1 is 1.29 bits per heavy atom. The van der Waals surface area contributed by atoms with Crippen molar-refractivity contribution in [1.29, 1.82) is 0 Å². The van der Waals surface area contributed by atoms with Gasteiger partial charge in [0.15, 0.2) is 0 Å². The predicted molar refractivity (Wildman–Crippen MR) is 86.9 cm³/mol. The molecule has 0 spiro atoms. The van der Waals surface area contributed by atoms with Crippen LogP contribution in [-0.2, 0) is 11.3 Å². The van der Waals surface area contributed by atoms with Gasteiger partial charge in [-0.2, -0.15) is 0 Å². The van der Waals surface area contributed by atoms with Crippen LogP contribution in [-0.4, -0.2) is 52.6 Å². The van der Waals surface area contributed by atoms with E-state index in [1.165, 1.54) is 4.90 Å². The van der Waals surface area contributed by atoms with E-state index >= 15 is 0 Å². The second-order valence-corrected chi connectivity index (χ2v) is 7.63. The Hall–Kier alpha value is -1.69. The average Bonchev–Trinajstić information content (AvgIpc) is 2.99. The van der Waals surface area contributed by atoms with Crippen LogP contribution in [0.3, 0.4) is 0 Å². The zero-order valence-corrected chi connectivity index (χ0v) is 14.3. The van der Waals surface area contributed by atoms with Gasteiger partial charge in [0.2, 0.25) is 0 Å². The third-order valence-electron chi connectivity index (χ3n) is 4.54. The zero-order valence-electron chi connectivity index (χ0n) is 14.3. The summed E-state index contributed by atoms with van der Waals surface area (Å²) in [5.74, 6) is -2.92. The van der Waals surface area contributed by atoms with Crippen molar-refractivity contribution in [2.75, 3.05) is 13.1 Å². The summed E-state index contributed by atoms with van der Waals surface area (Å²) in [5.41, 5.74) is 0.317. The van der Waals surface area contributed by atoms with Crippen molar-refractivity contribution in [1.82, 2.24) is 9.80 Å². The van der Waals surface area contributed by atoms with Crippen LogP contribution in [0, 0.1) is 0 Å². The number of benzene rings is 1. The lowest BCUT2D eigenvalue weighted by Crippen LogP contribution is -2.45. The van der Waals surface area contributed by atoms with E-state index in [0.29, 0.717) is 19.5 Å². The smallest absolute Gasteiger partial charge is 0.410 e. The van der Waals surface area contributed by atoms with Gasteiger partial charge < -0.3 is 4.74 Å². The number of ether oxygens (including phenoxy) is 1. The highest BCUT2D eigenvalue weighted by Gasteiger charge is 2.61. The van der Waals surface area contributed by atoms with E-state index in [9.17, 15) is 13.6 Å². The molecule has 2 aliphatic rings. The summed E-state index contributed by atoms with van der Waals surface area (Å²) < 4.78 is 34.5. The van der Waals surface area contributed by atoms with Crippen molar-refractivity contribution in [3.63, 3.8) is 0 Å². The SMILES string of the molecule is CC(C)(C)OC(=O)N1CC(F)(F)[C@H]2[C@@H]1CCN2Cc1ccccc1. The molecule has 24 heavy (non-hydrogen) atoms. The van der Waals surface area contributed by atoms with Gasteiger partial charge >= 0.3 is 6.09 Å². The molecule has 1 aromatic rings. The van der Waals surface area contributed by atoms with Crippen molar-refractivity contribution in [2.24, 2.45) is 0 Å². The van der Waals surface area contributed by atoms with Crippen molar-refractivity contribution < 1.29 is 18.3 Å². The van der Waals surface area contributed by atoms with E-state index in [1.54, 1.807) is 25.7 Å². The van der Waals surface area contributed by atoms with Crippen molar-refractivity contribution >= 4 is 6.09 Å². The summed E-state index contributed by atoms with van der Waals surface area (Å²) in [6, 6.07) is 8.16. The van der Waals surface area contributed by atoms with E-state index in [2.05, 4.69) is 0 Å². The van der Waals surface area contributed by atoms with Gasteiger partial charge in [0.05, 0.1) is 18.6 Å². The van der Waals surface area contributed by atoms with Gasteiger partial charge in [-0.3, -0.25) is 9.80 Å². The highest BCUT2D eigenvalue weighted by molar-refractivity contribution is 5.69. The van der Waals surface area contributed by atoms with Crippen LogP contribution in [0.4, 0.5) is 13.6 Å². The molecule has 2 aliphatic heterocycles. The average molecular weight is 338 g/mol. The number of hydrogen-bond acceptors (Lipinski definition) is 3. The fourth-order valence-corrected chi connectivity index (χ4v) is 3.67. The molecule has 0 N–H and O–H groups in total. The number of amides is 1. The number of carbonyl (C=O) groups is 1. The van der Waals surface area contributed by atoms with E-state index < -0.39 is 36.2 Å². The molecule has 3 rings (SSSR count). The summed E-state index contributed by atoms with van der Waals surface area (Å²) in [6.45, 7) is 5.69. The first-order chi connectivity index (χ1) is 11.2. The number of hydrogen-bond donors (Lipinski definition) is 0. The third kappa shape index (κ3) is 3.38. The highest BCUT2D eigenvalue weighted by Crippen LogP contribution is 2.42. The molecule has 2 heterocycles. The molecule has 0 radical (unpaired) electrons. The quantitative estimate of drug-likeness (QED) is 0.827. The number of fused-ring (bicyclic) bond motifs is 1. The summed E-state index contributed by atoms with van der Waals surface area (Å²) in [4.78, 5) is 15.3. The van der Waals surface area contributed by atoms with Crippen molar-refractivity contribution in [3.8, 4) is 0 Å². The van der Waals surface area contributed by atoms with E-state index in [-0.39, 0.29) is 0 Å². The lowest BCUT2D eigenvalue weighted by molar-refractivity contribution is -0.0478. The molecule has 4 nitrogen and oxygen atoms in total. The molecule has 1 amide bonds. The second kappa shape index (κ2) is 5.99. The topological polar surface area (TPSA) is 32.8 Å². The number of alkyl halides is 2. The zero-order chi connectivity index (χ0) is 17.5. The molecule has 0 aromatic heterocycles. The summed E-state index contributed by atoms with van der Waals surface area (Å²) in [5, 5.41) is 0. The highest BCUT2D eigenvalue weighted by atomic mass is 19.3. The monoisotopic (exact) mass is 338 g/mol. The van der Waals surface area contributed by atoms with Gasteiger partial charge in [-0.25, -0.2) is 13.6 Å². The lowest BCUT2D eigenvalue weighted by Gasteiger charge is -2.28. The fourth-order valence-electron chi connectivity index (χ4n) is 3.67. The minimum absolute atomic E-state index is 0.472. The number of halogens is 2. The Morgan fingerprint density at radius 2 is 1.96 bits per heavy atom. The standard InChI is InChI=1S/C18H24F2N2O2/c1-17(2,3)24-16(23)22-12-18(19,20)15-14(22)9-10-21(15)11-13-7-5-4-6-8-13/h4-8,14-15H,9-12H2,1-3H3/t14-,15+/m0/s1. The Morgan fingerprint density at radius 3 is 2.58 bits per heavy atom. The molecule has 1 aromatic carbocycles. The van der Waals surface area contributed by atoms with Gasteiger partial charge in [-0.15, -0.1) is 0 Å². The van der Waals surface area contributed by atoms with Crippen LogP contribution >= 0.6 is 0 Å². The van der Waals surface area contributed by atoms with Gasteiger partial charge in [-0.05, 0) is 32.8 Å². The Balaban J connectivity index is 1.76. The summed E-state index contributed by atoms with van der Waals surface area (Å²) in [6.07, 6.45) is -0.0944. The summed E-state index contributed by atoms with van der Waals surface area (Å²) >= 11 is 0. The fraction of sp³-hybridized carbons (Fsp3) is 0.611. The van der Waals surface area contributed by atoms with Crippen LogP contribution in [0.1, 0.15) is 32.8 Å². The van der Waals surface area contributed by atoms with Crippen LogP contribution in [0.15, 0.2) is 30.3 Å². The van der Waals surface area contributed by atoms with Crippen LogP contribution in [0.5, 0.6) is 0 Å². The van der Waals surface area contributed by atoms with E-state index in [4.69, 9.17) is 4.74 Å². The number of nitrogens with zero attached hydrogens (tertiary/aromatic N) is 2. The molecule has 6 heteroatoms. The number of likely N-dealkylation sites (tertiary alicyclic amines) is 2. The second-order valence-electron chi connectivity index (χ2n) is 7.63. The Labute approximate surface area is 141 Å². The number of rotatable bonds is 2. The van der Waals surface area contributed by atoms with Crippen molar-refractivity contribution in [3.05, 3.63) is 35.9 Å². The molecule has 2 atom stereocenters. The third-order valence-corrected chi connectivity index (χ3v) is 4.54. The van der Waals surface area contributed by atoms with Crippen LogP contribution in [0.2, 0.25) is 0 Å². The minimum atomic E-state index is -2.92. The molecular weight excluding hydrogens is 314 g/mol. The molecule has 2 saturated heterocycles. The first-order valence-electron chi connectivity index (χ1n) is 8.33. The largest absolute Gasteiger partial charge is 0.444 e. The minimum Gasteiger partial charge on any atom is -0.444 e. The maximum Gasteiger partial charge on any atom is 0.410 e. The van der Waals surface area contributed by atoms with E-state index in [0.717, 1.165) is 5.56 Å². The Bertz CT molecular complexity index is 601. The lowest BCUT2D eigenvalue weighted by atomic mass is 10.1. The summed E-state index contributed by atoms with van der Waals surface area (Å²) in [7, 11) is 0. The maximum absolute atomic E-state index is 14.6. The van der Waals surface area contributed by atoms with E-state index in [1.807, 2.05) is 30.3 Å². The predicted octanol–water partition coefficient (Wildman–Crippen LogP) is 3.52. The van der Waals surface area contributed by atoms with Gasteiger partial charge in [0.1, 0.15) is 5.60 Å². The van der Waals surface area contributed by atoms with Gasteiger partial charge in [0, 0.05) is 13.1 Å². The van der Waals surface area contributed by atoms with Crippen LogP contribution < -0.4 is 0 Å². The van der Waals surface area contributed by atoms with Crippen molar-refractivity contribution in [2.45, 2.75) is 57.3 Å². The first kappa shape index (κ1) is 17.1. The molecule has 2 fully saturated rings.